The molecule has 0 aromatic heterocycles. The van der Waals surface area contributed by atoms with Crippen LogP contribution in [0.5, 0.6) is 11.5 Å². The summed E-state index contributed by atoms with van der Waals surface area (Å²) in [6.45, 7) is 0.393. The summed E-state index contributed by atoms with van der Waals surface area (Å²) in [5, 5.41) is 3.77. The van der Waals surface area contributed by atoms with Gasteiger partial charge in [-0.2, -0.15) is 0 Å². The summed E-state index contributed by atoms with van der Waals surface area (Å²) < 4.78 is 31.3. The zero-order valence-electron chi connectivity index (χ0n) is 16.5. The van der Waals surface area contributed by atoms with Crippen LogP contribution in [0, 0.1) is 0 Å². The molecule has 6 nitrogen and oxygen atoms in total. The maximum atomic E-state index is 12.8. The van der Waals surface area contributed by atoms with Gasteiger partial charge in [0.25, 0.3) is 5.91 Å². The maximum Gasteiger partial charge on any atom is 0.257 e. The van der Waals surface area contributed by atoms with Crippen molar-refractivity contribution in [2.45, 2.75) is 6.42 Å². The highest BCUT2D eigenvalue weighted by atomic mass is 35.5. The van der Waals surface area contributed by atoms with Crippen molar-refractivity contribution >= 4 is 62.1 Å². The van der Waals surface area contributed by atoms with Crippen molar-refractivity contribution in [2.24, 2.45) is 0 Å². The van der Waals surface area contributed by atoms with Gasteiger partial charge in [-0.25, -0.2) is 8.42 Å². The number of hydrogen-bond donors (Lipinski definition) is 1. The number of benzene rings is 3. The van der Waals surface area contributed by atoms with Gasteiger partial charge in [0.15, 0.2) is 0 Å². The molecular weight excluding hydrogens is 495 g/mol. The lowest BCUT2D eigenvalue weighted by Gasteiger charge is -2.18. The predicted molar refractivity (Wildman–Crippen MR) is 128 cm³/mol. The molecule has 0 aliphatic carbocycles. The fourth-order valence-electron chi connectivity index (χ4n) is 3.29. The van der Waals surface area contributed by atoms with Gasteiger partial charge in [0.1, 0.15) is 11.5 Å². The highest BCUT2D eigenvalue weighted by molar-refractivity contribution is 7.93. The van der Waals surface area contributed by atoms with Crippen LogP contribution in [0.25, 0.3) is 0 Å². The summed E-state index contributed by atoms with van der Waals surface area (Å²) in [6.07, 6.45) is 0.554. The van der Waals surface area contributed by atoms with Gasteiger partial charge in [0.2, 0.25) is 10.0 Å². The number of sulfonamides is 1. The Balaban J connectivity index is 1.53. The van der Waals surface area contributed by atoms with Gasteiger partial charge in [-0.3, -0.25) is 9.10 Å². The summed E-state index contributed by atoms with van der Waals surface area (Å²) in [4.78, 5) is 12.8. The number of ether oxygens (including phenoxy) is 1. The first kappa shape index (κ1) is 22.7. The number of amides is 1. The second-order valence-electron chi connectivity index (χ2n) is 7.06. The lowest BCUT2D eigenvalue weighted by Crippen LogP contribution is -2.25. The van der Waals surface area contributed by atoms with Crippen LogP contribution in [-0.2, 0) is 10.0 Å². The molecule has 0 spiro atoms. The van der Waals surface area contributed by atoms with Gasteiger partial charge in [0.05, 0.1) is 27.0 Å². The molecule has 3 aromatic rings. The van der Waals surface area contributed by atoms with Crippen molar-refractivity contribution in [3.8, 4) is 11.5 Å². The van der Waals surface area contributed by atoms with Crippen LogP contribution in [0.4, 0.5) is 11.4 Å². The Morgan fingerprint density at radius 2 is 1.78 bits per heavy atom. The minimum absolute atomic E-state index is 0.100. The van der Waals surface area contributed by atoms with E-state index in [1.165, 1.54) is 16.4 Å². The molecule has 0 unspecified atom stereocenters. The standard InChI is InChI=1S/C22H17Cl3N2O4S/c23-14-3-1-4-17(11-14)31-21-12-15(5-8-19(21)24)26-22(28)18-7-6-16(13-20(18)25)27-9-2-10-32(27,29)30/h1,3-8,11-13H,2,9-10H2,(H,26,28). The van der Waals surface area contributed by atoms with Gasteiger partial charge >= 0.3 is 0 Å². The molecule has 1 N–H and O–H groups in total. The molecule has 166 valence electrons. The molecule has 1 heterocycles. The molecule has 0 radical (unpaired) electrons. The van der Waals surface area contributed by atoms with Crippen LogP contribution < -0.4 is 14.4 Å². The van der Waals surface area contributed by atoms with E-state index in [0.29, 0.717) is 45.9 Å². The first-order valence-electron chi connectivity index (χ1n) is 9.57. The lowest BCUT2D eigenvalue weighted by atomic mass is 10.1. The fraction of sp³-hybridized carbons (Fsp3) is 0.136. The molecule has 0 atom stereocenters. The molecule has 32 heavy (non-hydrogen) atoms. The monoisotopic (exact) mass is 510 g/mol. The van der Waals surface area contributed by atoms with Crippen molar-refractivity contribution in [3.05, 3.63) is 81.3 Å². The fourth-order valence-corrected chi connectivity index (χ4v) is 5.44. The molecule has 1 aliphatic heterocycles. The third-order valence-corrected chi connectivity index (χ3v) is 7.53. The summed E-state index contributed by atoms with van der Waals surface area (Å²) in [7, 11) is -3.34. The highest BCUT2D eigenvalue weighted by Gasteiger charge is 2.29. The number of rotatable bonds is 5. The Morgan fingerprint density at radius 1 is 0.969 bits per heavy atom. The Morgan fingerprint density at radius 3 is 2.47 bits per heavy atom. The number of carbonyl (C=O) groups excluding carboxylic acids is 1. The lowest BCUT2D eigenvalue weighted by molar-refractivity contribution is 0.102. The zero-order chi connectivity index (χ0) is 22.9. The minimum atomic E-state index is -3.34. The SMILES string of the molecule is O=C(Nc1ccc(Cl)c(Oc2cccc(Cl)c2)c1)c1ccc(N2CCCS2(=O)=O)cc1Cl. The quantitative estimate of drug-likeness (QED) is 0.440. The summed E-state index contributed by atoms with van der Waals surface area (Å²) in [5.41, 5.74) is 1.09. The van der Waals surface area contributed by atoms with E-state index in [9.17, 15) is 13.2 Å². The minimum Gasteiger partial charge on any atom is -0.456 e. The second-order valence-corrected chi connectivity index (χ2v) is 10.3. The van der Waals surface area contributed by atoms with Crippen LogP contribution in [0.3, 0.4) is 0 Å². The molecule has 1 saturated heterocycles. The van der Waals surface area contributed by atoms with E-state index >= 15 is 0 Å². The number of anilines is 2. The van der Waals surface area contributed by atoms with Crippen LogP contribution in [0.2, 0.25) is 15.1 Å². The third kappa shape index (κ3) is 4.96. The van der Waals surface area contributed by atoms with Crippen molar-refractivity contribution in [3.63, 3.8) is 0 Å². The summed E-state index contributed by atoms with van der Waals surface area (Å²) >= 11 is 18.5. The number of carbonyl (C=O) groups is 1. The second kappa shape index (κ2) is 9.19. The Bertz CT molecular complexity index is 1300. The predicted octanol–water partition coefficient (Wildman–Crippen LogP) is 6.23. The van der Waals surface area contributed by atoms with Crippen LogP contribution >= 0.6 is 34.8 Å². The number of hydrogen-bond acceptors (Lipinski definition) is 4. The van der Waals surface area contributed by atoms with Crippen LogP contribution in [-0.4, -0.2) is 26.6 Å². The zero-order valence-corrected chi connectivity index (χ0v) is 19.6. The van der Waals surface area contributed by atoms with Crippen LogP contribution in [0.1, 0.15) is 16.8 Å². The van der Waals surface area contributed by atoms with Gasteiger partial charge in [-0.1, -0.05) is 40.9 Å². The van der Waals surface area contributed by atoms with E-state index in [4.69, 9.17) is 39.5 Å². The van der Waals surface area contributed by atoms with Gasteiger partial charge in [-0.05, 0) is 55.0 Å². The van der Waals surface area contributed by atoms with E-state index in [2.05, 4.69) is 5.32 Å². The number of nitrogens with zero attached hydrogens (tertiary/aromatic N) is 1. The summed E-state index contributed by atoms with van der Waals surface area (Å²) in [6, 6.07) is 16.2. The molecule has 4 rings (SSSR count). The van der Waals surface area contributed by atoms with Gasteiger partial charge < -0.3 is 10.1 Å². The van der Waals surface area contributed by atoms with E-state index in [1.807, 2.05) is 0 Å². The highest BCUT2D eigenvalue weighted by Crippen LogP contribution is 2.34. The molecule has 1 amide bonds. The third-order valence-electron chi connectivity index (χ3n) is 4.80. The molecule has 3 aromatic carbocycles. The average Bonchev–Trinajstić information content (AvgIpc) is 3.09. The number of halogens is 3. The van der Waals surface area contributed by atoms with E-state index in [0.717, 1.165) is 0 Å². The van der Waals surface area contributed by atoms with Crippen molar-refractivity contribution in [1.29, 1.82) is 0 Å². The van der Waals surface area contributed by atoms with E-state index in [1.54, 1.807) is 48.5 Å². The molecule has 0 saturated carbocycles. The Hall–Kier alpha value is -2.45. The smallest absolute Gasteiger partial charge is 0.257 e. The molecular formula is C22H17Cl3N2O4S. The van der Waals surface area contributed by atoms with Crippen molar-refractivity contribution in [2.75, 3.05) is 21.9 Å². The molecule has 1 aliphatic rings. The Kier molecular flexibility index (Phi) is 6.53. The van der Waals surface area contributed by atoms with Gasteiger partial charge in [-0.15, -0.1) is 0 Å². The van der Waals surface area contributed by atoms with Gasteiger partial charge in [0, 0.05) is 23.3 Å². The van der Waals surface area contributed by atoms with E-state index < -0.39 is 15.9 Å². The van der Waals surface area contributed by atoms with Crippen LogP contribution in [0.15, 0.2) is 60.7 Å². The van der Waals surface area contributed by atoms with Crippen molar-refractivity contribution < 1.29 is 17.9 Å². The molecule has 10 heteroatoms. The molecule has 1 fully saturated rings. The average molecular weight is 512 g/mol. The molecule has 0 bridgehead atoms. The van der Waals surface area contributed by atoms with E-state index in [-0.39, 0.29) is 16.3 Å². The summed E-state index contributed by atoms with van der Waals surface area (Å²) in [5.74, 6) is 0.482. The first-order chi connectivity index (χ1) is 15.2. The Labute approximate surface area is 200 Å². The van der Waals surface area contributed by atoms with Crippen molar-refractivity contribution in [1.82, 2.24) is 0 Å². The largest absolute Gasteiger partial charge is 0.456 e. The topological polar surface area (TPSA) is 75.7 Å². The maximum absolute atomic E-state index is 12.8. The number of nitrogens with one attached hydrogen (secondary N) is 1. The normalized spacial score (nSPS) is 14.9. The first-order valence-corrected chi connectivity index (χ1v) is 12.3.